The van der Waals surface area contributed by atoms with E-state index in [2.05, 4.69) is 15.2 Å². The smallest absolute Gasteiger partial charge is 0.329 e. The highest BCUT2D eigenvalue weighted by atomic mass is 32.2. The molecular formula is C19H19N3O6S2. The molecule has 0 unspecified atom stereocenters. The van der Waals surface area contributed by atoms with Gasteiger partial charge in [-0.3, -0.25) is 4.79 Å². The van der Waals surface area contributed by atoms with E-state index < -0.39 is 22.0 Å². The van der Waals surface area contributed by atoms with Gasteiger partial charge in [-0.2, -0.15) is 4.72 Å². The fraction of sp³-hybridized carbons (Fsp3) is 0.211. The Labute approximate surface area is 177 Å². The maximum absolute atomic E-state index is 12.5. The summed E-state index contributed by atoms with van der Waals surface area (Å²) >= 11 is 1.32. The average Bonchev–Trinajstić information content (AvgIpc) is 3.33. The molecule has 30 heavy (non-hydrogen) atoms. The summed E-state index contributed by atoms with van der Waals surface area (Å²) in [6, 6.07) is 8.49. The number of hydrogen-bond acceptors (Lipinski definition) is 8. The molecule has 9 nitrogen and oxygen atoms in total. The minimum absolute atomic E-state index is 0.104. The van der Waals surface area contributed by atoms with Crippen LogP contribution in [0.25, 0.3) is 0 Å². The first-order valence-electron chi connectivity index (χ1n) is 8.79. The molecule has 0 saturated heterocycles. The van der Waals surface area contributed by atoms with Crippen LogP contribution in [0.2, 0.25) is 0 Å². The highest BCUT2D eigenvalue weighted by Crippen LogP contribution is 2.20. The van der Waals surface area contributed by atoms with Gasteiger partial charge in [0.1, 0.15) is 22.4 Å². The van der Waals surface area contributed by atoms with Crippen molar-refractivity contribution in [3.05, 3.63) is 58.1 Å². The summed E-state index contributed by atoms with van der Waals surface area (Å²) in [5.74, 6) is -0.698. The lowest BCUT2D eigenvalue weighted by atomic mass is 10.3. The predicted molar refractivity (Wildman–Crippen MR) is 110 cm³/mol. The first-order chi connectivity index (χ1) is 14.2. The summed E-state index contributed by atoms with van der Waals surface area (Å²) in [4.78, 5) is 24.8. The fourth-order valence-corrected chi connectivity index (χ4v) is 4.75. The molecule has 0 spiro atoms. The average molecular weight is 450 g/mol. The lowest BCUT2D eigenvalue weighted by Gasteiger charge is -2.13. The molecule has 0 saturated carbocycles. The molecule has 1 atom stereocenters. The van der Waals surface area contributed by atoms with E-state index in [-0.39, 0.29) is 28.0 Å². The van der Waals surface area contributed by atoms with Gasteiger partial charge in [-0.1, -0.05) is 11.2 Å². The summed E-state index contributed by atoms with van der Waals surface area (Å²) in [7, 11) is -4.01. The Morgan fingerprint density at radius 2 is 1.87 bits per heavy atom. The van der Waals surface area contributed by atoms with Crippen molar-refractivity contribution < 1.29 is 27.3 Å². The standard InChI is InChI=1S/C19H19N3O6S2/c1-11-17(13(3)28-21-11)30(25,26)22-12(2)19(24)27-15-8-6-14(7-9-15)20-18(23)16-5-4-10-29-16/h4-10,12,22H,1-3H3,(H,20,23)/t12-/m0/s1. The fourth-order valence-electron chi connectivity index (χ4n) is 2.61. The monoisotopic (exact) mass is 449 g/mol. The SMILES string of the molecule is Cc1noc(C)c1S(=O)(=O)N[C@@H](C)C(=O)Oc1ccc(NC(=O)c2cccs2)cc1. The van der Waals surface area contributed by atoms with Crippen molar-refractivity contribution in [2.75, 3.05) is 5.32 Å². The van der Waals surface area contributed by atoms with E-state index in [1.165, 1.54) is 44.2 Å². The number of ether oxygens (including phenoxy) is 1. The van der Waals surface area contributed by atoms with Crippen molar-refractivity contribution >= 4 is 38.9 Å². The molecule has 158 valence electrons. The number of benzene rings is 1. The summed E-state index contributed by atoms with van der Waals surface area (Å²) < 4.78 is 37.3. The van der Waals surface area contributed by atoms with E-state index in [1.54, 1.807) is 29.6 Å². The Hall–Kier alpha value is -3.02. The maximum Gasteiger partial charge on any atom is 0.329 e. The van der Waals surface area contributed by atoms with Gasteiger partial charge < -0.3 is 14.6 Å². The second-order valence-corrected chi connectivity index (χ2v) is 8.97. The van der Waals surface area contributed by atoms with Crippen molar-refractivity contribution in [3.63, 3.8) is 0 Å². The molecular weight excluding hydrogens is 430 g/mol. The summed E-state index contributed by atoms with van der Waals surface area (Å²) in [6.45, 7) is 4.33. The zero-order valence-corrected chi connectivity index (χ0v) is 18.0. The Bertz CT molecular complexity index is 1130. The zero-order valence-electron chi connectivity index (χ0n) is 16.3. The molecule has 0 aliphatic heterocycles. The second kappa shape index (κ2) is 8.78. The second-order valence-electron chi connectivity index (χ2n) is 6.37. The predicted octanol–water partition coefficient (Wildman–Crippen LogP) is 2.88. The number of thiophene rings is 1. The molecule has 0 radical (unpaired) electrons. The van der Waals surface area contributed by atoms with Gasteiger partial charge in [-0.25, -0.2) is 13.2 Å². The third-order valence-corrected chi connectivity index (χ3v) is 6.65. The van der Waals surface area contributed by atoms with Gasteiger partial charge in [0.2, 0.25) is 10.0 Å². The third-order valence-electron chi connectivity index (χ3n) is 4.00. The van der Waals surface area contributed by atoms with Crippen LogP contribution in [0.4, 0.5) is 5.69 Å². The number of esters is 1. The number of rotatable bonds is 7. The molecule has 2 heterocycles. The van der Waals surface area contributed by atoms with Crippen LogP contribution in [0.5, 0.6) is 5.75 Å². The summed E-state index contributed by atoms with van der Waals surface area (Å²) in [5, 5.41) is 8.14. The Morgan fingerprint density at radius 1 is 1.17 bits per heavy atom. The molecule has 2 aromatic heterocycles. The largest absolute Gasteiger partial charge is 0.425 e. The highest BCUT2D eigenvalue weighted by molar-refractivity contribution is 7.89. The molecule has 0 aliphatic rings. The van der Waals surface area contributed by atoms with E-state index in [9.17, 15) is 18.0 Å². The number of nitrogens with zero attached hydrogens (tertiary/aromatic N) is 1. The van der Waals surface area contributed by atoms with Crippen LogP contribution in [0.1, 0.15) is 28.0 Å². The first-order valence-corrected chi connectivity index (χ1v) is 11.2. The highest BCUT2D eigenvalue weighted by Gasteiger charge is 2.29. The van der Waals surface area contributed by atoms with Gasteiger partial charge in [0.25, 0.3) is 5.91 Å². The van der Waals surface area contributed by atoms with Crippen LogP contribution >= 0.6 is 11.3 Å². The van der Waals surface area contributed by atoms with Crippen molar-refractivity contribution in [1.82, 2.24) is 9.88 Å². The number of aromatic nitrogens is 1. The van der Waals surface area contributed by atoms with E-state index in [1.807, 2.05) is 0 Å². The number of anilines is 1. The number of nitrogens with one attached hydrogen (secondary N) is 2. The minimum Gasteiger partial charge on any atom is -0.425 e. The molecule has 0 fully saturated rings. The minimum atomic E-state index is -4.01. The summed E-state index contributed by atoms with van der Waals surface area (Å²) in [6.07, 6.45) is 0. The Kier molecular flexibility index (Phi) is 6.34. The van der Waals surface area contributed by atoms with Crippen LogP contribution in [0.15, 0.2) is 51.2 Å². The molecule has 0 bridgehead atoms. The molecule has 0 aliphatic carbocycles. The lowest BCUT2D eigenvalue weighted by molar-refractivity contribution is -0.135. The maximum atomic E-state index is 12.5. The van der Waals surface area contributed by atoms with Crippen molar-refractivity contribution in [3.8, 4) is 5.75 Å². The number of hydrogen-bond donors (Lipinski definition) is 2. The van der Waals surface area contributed by atoms with Gasteiger partial charge in [-0.05, 0) is 56.5 Å². The number of carbonyl (C=O) groups excluding carboxylic acids is 2. The van der Waals surface area contributed by atoms with Crippen LogP contribution in [0, 0.1) is 13.8 Å². The number of carbonyl (C=O) groups is 2. The van der Waals surface area contributed by atoms with Crippen molar-refractivity contribution in [2.24, 2.45) is 0 Å². The third kappa shape index (κ3) is 4.93. The van der Waals surface area contributed by atoms with Crippen LogP contribution < -0.4 is 14.8 Å². The molecule has 3 rings (SSSR count). The van der Waals surface area contributed by atoms with E-state index in [4.69, 9.17) is 9.26 Å². The van der Waals surface area contributed by atoms with Gasteiger partial charge in [-0.15, -0.1) is 11.3 Å². The number of sulfonamides is 1. The number of aryl methyl sites for hydroxylation is 2. The van der Waals surface area contributed by atoms with Gasteiger partial charge in [0.15, 0.2) is 5.76 Å². The van der Waals surface area contributed by atoms with Gasteiger partial charge >= 0.3 is 5.97 Å². The van der Waals surface area contributed by atoms with Gasteiger partial charge in [0.05, 0.1) is 4.88 Å². The topological polar surface area (TPSA) is 128 Å². The van der Waals surface area contributed by atoms with Crippen LogP contribution in [0.3, 0.4) is 0 Å². The quantitative estimate of drug-likeness (QED) is 0.419. The molecule has 3 aromatic rings. The van der Waals surface area contributed by atoms with Crippen LogP contribution in [-0.2, 0) is 14.8 Å². The first kappa shape index (κ1) is 21.7. The molecule has 1 aromatic carbocycles. The Balaban J connectivity index is 1.60. The van der Waals surface area contributed by atoms with E-state index >= 15 is 0 Å². The number of amides is 1. The molecule has 11 heteroatoms. The molecule has 1 amide bonds. The van der Waals surface area contributed by atoms with Crippen molar-refractivity contribution in [2.45, 2.75) is 31.7 Å². The van der Waals surface area contributed by atoms with Gasteiger partial charge in [0, 0.05) is 5.69 Å². The van der Waals surface area contributed by atoms with Crippen molar-refractivity contribution in [1.29, 1.82) is 0 Å². The Morgan fingerprint density at radius 3 is 2.43 bits per heavy atom. The van der Waals surface area contributed by atoms with E-state index in [0.29, 0.717) is 10.6 Å². The van der Waals surface area contributed by atoms with E-state index in [0.717, 1.165) is 0 Å². The normalized spacial score (nSPS) is 12.4. The zero-order chi connectivity index (χ0) is 21.9. The molecule has 2 N–H and O–H groups in total. The lowest BCUT2D eigenvalue weighted by Crippen LogP contribution is -2.41. The van der Waals surface area contributed by atoms with Crippen LogP contribution in [-0.4, -0.2) is 31.5 Å². The summed E-state index contributed by atoms with van der Waals surface area (Å²) in [5.41, 5.74) is 0.723.